The Morgan fingerprint density at radius 2 is 1.55 bits per heavy atom. The molecule has 234 valence electrons. The Labute approximate surface area is 244 Å². The molecule has 6 unspecified atom stereocenters. The molecule has 0 aromatic heterocycles. The summed E-state index contributed by atoms with van der Waals surface area (Å²) in [5.74, 6) is -7.52. The van der Waals surface area contributed by atoms with Crippen molar-refractivity contribution in [2.24, 2.45) is 22.7 Å². The summed E-state index contributed by atoms with van der Waals surface area (Å²) < 4.78 is 84.4. The molecule has 5 aliphatic rings. The third-order valence-corrected chi connectivity index (χ3v) is 11.7. The lowest BCUT2D eigenvalue weighted by atomic mass is 9.49. The summed E-state index contributed by atoms with van der Waals surface area (Å²) in [5.41, 5.74) is -2.50. The van der Waals surface area contributed by atoms with E-state index >= 15 is 8.78 Å². The Hall–Kier alpha value is -1.55. The summed E-state index contributed by atoms with van der Waals surface area (Å²) >= 11 is 0. The van der Waals surface area contributed by atoms with E-state index in [1.165, 1.54) is 6.92 Å². The Kier molecular flexibility index (Phi) is 6.88. The average molecular weight is 599 g/mol. The number of alkyl halides is 5. The maximum absolute atomic E-state index is 15.2. The zero-order chi connectivity index (χ0) is 30.6. The number of aryl methyl sites for hydroxylation is 1. The van der Waals surface area contributed by atoms with Gasteiger partial charge in [0.05, 0.1) is 18.8 Å². The Bertz CT molecular complexity index is 1250. The molecule has 1 aromatic carbocycles. The van der Waals surface area contributed by atoms with Crippen molar-refractivity contribution in [3.8, 4) is 0 Å². The fourth-order valence-corrected chi connectivity index (χ4v) is 9.29. The van der Waals surface area contributed by atoms with Crippen LogP contribution in [0.25, 0.3) is 0 Å². The van der Waals surface area contributed by atoms with Gasteiger partial charge in [0, 0.05) is 29.6 Å². The topological polar surface area (TPSA) is 58.9 Å². The van der Waals surface area contributed by atoms with Crippen LogP contribution >= 0.6 is 0 Å². The van der Waals surface area contributed by atoms with Gasteiger partial charge < -0.3 is 19.7 Å². The Balaban J connectivity index is 1.45. The van der Waals surface area contributed by atoms with Crippen molar-refractivity contribution >= 4 is 0 Å². The Morgan fingerprint density at radius 1 is 0.905 bits per heavy atom. The molecule has 6 atom stereocenters. The van der Waals surface area contributed by atoms with Crippen molar-refractivity contribution in [3.63, 3.8) is 0 Å². The number of rotatable bonds is 3. The highest BCUT2D eigenvalue weighted by Gasteiger charge is 2.79. The predicted octanol–water partition coefficient (Wildman–Crippen LogP) is 7.47. The predicted molar refractivity (Wildman–Crippen MR) is 147 cm³/mol. The number of halogens is 5. The highest BCUT2D eigenvalue weighted by atomic mass is 19.4. The van der Waals surface area contributed by atoms with Gasteiger partial charge >= 0.3 is 12.1 Å². The van der Waals surface area contributed by atoms with Crippen LogP contribution in [0.4, 0.5) is 22.0 Å². The lowest BCUT2D eigenvalue weighted by Gasteiger charge is -2.59. The number of benzene rings is 1. The zero-order valence-electron chi connectivity index (χ0n) is 24.9. The molecule has 9 heteroatoms. The first kappa shape index (κ1) is 30.5. The minimum absolute atomic E-state index is 0.0525. The third-order valence-electron chi connectivity index (χ3n) is 11.7. The molecule has 1 spiro atoms. The van der Waals surface area contributed by atoms with Crippen LogP contribution in [0.3, 0.4) is 0 Å². The molecule has 42 heavy (non-hydrogen) atoms. The van der Waals surface area contributed by atoms with Crippen molar-refractivity contribution < 1.29 is 41.6 Å². The highest BCUT2D eigenvalue weighted by Crippen LogP contribution is 2.71. The summed E-state index contributed by atoms with van der Waals surface area (Å²) in [6.45, 7) is 8.62. The summed E-state index contributed by atoms with van der Waals surface area (Å²) in [6, 6.07) is 7.79. The van der Waals surface area contributed by atoms with Gasteiger partial charge in [0.2, 0.25) is 0 Å². The Morgan fingerprint density at radius 3 is 2.14 bits per heavy atom. The number of fused-ring (bicyclic) bond motifs is 4. The van der Waals surface area contributed by atoms with Crippen LogP contribution in [-0.2, 0) is 15.9 Å². The van der Waals surface area contributed by atoms with Gasteiger partial charge in [-0.25, -0.2) is 0 Å². The summed E-state index contributed by atoms with van der Waals surface area (Å²) in [6.07, 6.45) is -3.57. The highest BCUT2D eigenvalue weighted by molar-refractivity contribution is 5.44. The lowest BCUT2D eigenvalue weighted by Crippen LogP contribution is -2.65. The first-order chi connectivity index (χ1) is 19.4. The van der Waals surface area contributed by atoms with Gasteiger partial charge in [-0.3, -0.25) is 0 Å². The quantitative estimate of drug-likeness (QED) is 0.280. The van der Waals surface area contributed by atoms with Crippen LogP contribution in [0.2, 0.25) is 0 Å². The first-order valence-corrected chi connectivity index (χ1v) is 15.4. The van der Waals surface area contributed by atoms with Crippen LogP contribution in [0.5, 0.6) is 0 Å². The number of hydrogen-bond donors (Lipinski definition) is 2. The van der Waals surface area contributed by atoms with E-state index in [0.717, 1.165) is 28.7 Å². The van der Waals surface area contributed by atoms with E-state index in [2.05, 4.69) is 13.8 Å². The largest absolute Gasteiger partial charge is 0.456 e. The molecular weight excluding hydrogens is 555 g/mol. The molecule has 1 saturated heterocycles. The molecule has 1 aromatic rings. The average Bonchev–Trinajstić information content (AvgIpc) is 3.20. The second-order valence-corrected chi connectivity index (χ2v) is 14.8. The van der Waals surface area contributed by atoms with Crippen molar-refractivity contribution in [1.29, 1.82) is 0 Å². The van der Waals surface area contributed by atoms with Gasteiger partial charge in [-0.05, 0) is 73.5 Å². The van der Waals surface area contributed by atoms with E-state index in [1.807, 2.05) is 31.2 Å². The van der Waals surface area contributed by atoms with E-state index < -0.39 is 52.8 Å². The van der Waals surface area contributed by atoms with Crippen LogP contribution in [0.15, 0.2) is 35.4 Å². The second kappa shape index (κ2) is 9.48. The molecule has 1 aliphatic heterocycles. The lowest BCUT2D eigenvalue weighted by molar-refractivity contribution is -0.362. The van der Waals surface area contributed by atoms with E-state index in [-0.39, 0.29) is 30.6 Å². The van der Waals surface area contributed by atoms with E-state index in [9.17, 15) is 23.4 Å². The minimum atomic E-state index is -5.87. The molecule has 0 amide bonds. The summed E-state index contributed by atoms with van der Waals surface area (Å²) in [7, 11) is 0. The molecule has 1 heterocycles. The number of ether oxygens (including phenoxy) is 2. The van der Waals surface area contributed by atoms with Gasteiger partial charge in [-0.15, -0.1) is 0 Å². The van der Waals surface area contributed by atoms with Crippen molar-refractivity contribution in [2.45, 2.75) is 120 Å². The SMILES string of the molecule is CCc1ccc(C2CC3(C)C(CCC3(O)C(F)(F)C(F)(F)F)C3CCC4(O)CC5(CCC4=C23)OCC(C)(C)CO5)cc1. The van der Waals surface area contributed by atoms with Gasteiger partial charge in [-0.1, -0.05) is 57.5 Å². The standard InChI is InChI=1S/C33H43F5O4/c1-5-20-6-8-21(9-7-20)23-16-28(4)24(12-15-31(28,40)32(34,35)33(36,37)38)22-10-13-29(39)17-30(14-11-25(29)26(22)23)41-18-27(2,3)19-42-30/h6-9,22-24,39-40H,5,10-19H2,1-4H3. The first-order valence-electron chi connectivity index (χ1n) is 15.4. The smallest absolute Gasteiger partial charge is 0.385 e. The van der Waals surface area contributed by atoms with E-state index in [4.69, 9.17) is 9.47 Å². The van der Waals surface area contributed by atoms with Gasteiger partial charge in [0.1, 0.15) is 5.60 Å². The minimum Gasteiger partial charge on any atom is -0.385 e. The van der Waals surface area contributed by atoms with Gasteiger partial charge in [0.15, 0.2) is 5.79 Å². The maximum atomic E-state index is 15.2. The fourth-order valence-electron chi connectivity index (χ4n) is 9.29. The normalized spacial score (nSPS) is 39.5. The molecule has 6 rings (SSSR count). The molecule has 4 aliphatic carbocycles. The third kappa shape index (κ3) is 4.26. The van der Waals surface area contributed by atoms with Crippen molar-refractivity contribution in [3.05, 3.63) is 46.5 Å². The molecular formula is C33H43F5O4. The van der Waals surface area contributed by atoms with E-state index in [0.29, 0.717) is 38.9 Å². The van der Waals surface area contributed by atoms with Gasteiger partial charge in [0.25, 0.3) is 0 Å². The van der Waals surface area contributed by atoms with Crippen LogP contribution in [0, 0.1) is 22.7 Å². The van der Waals surface area contributed by atoms with E-state index in [1.54, 1.807) is 0 Å². The fraction of sp³-hybridized carbons (Fsp3) is 0.758. The van der Waals surface area contributed by atoms with Crippen molar-refractivity contribution in [2.75, 3.05) is 13.2 Å². The number of allylic oxidation sites excluding steroid dienone is 1. The molecule has 2 N–H and O–H groups in total. The summed E-state index contributed by atoms with van der Waals surface area (Å²) in [4.78, 5) is 0. The maximum Gasteiger partial charge on any atom is 0.456 e. The molecule has 4 nitrogen and oxygen atoms in total. The monoisotopic (exact) mass is 598 g/mol. The van der Waals surface area contributed by atoms with Crippen LogP contribution in [-0.4, -0.2) is 52.5 Å². The molecule has 3 saturated carbocycles. The van der Waals surface area contributed by atoms with Crippen LogP contribution in [0.1, 0.15) is 96.1 Å². The van der Waals surface area contributed by atoms with Crippen molar-refractivity contribution in [1.82, 2.24) is 0 Å². The molecule has 0 bridgehead atoms. The molecule has 4 fully saturated rings. The molecule has 0 radical (unpaired) electrons. The second-order valence-electron chi connectivity index (χ2n) is 14.8. The van der Waals surface area contributed by atoms with Crippen LogP contribution < -0.4 is 0 Å². The van der Waals surface area contributed by atoms with Gasteiger partial charge in [-0.2, -0.15) is 22.0 Å². The number of hydrogen-bond acceptors (Lipinski definition) is 4. The number of aliphatic hydroxyl groups is 2. The zero-order valence-corrected chi connectivity index (χ0v) is 24.9. The summed E-state index contributed by atoms with van der Waals surface area (Å²) in [5, 5.41) is 23.7.